The van der Waals surface area contributed by atoms with Gasteiger partial charge in [-0.05, 0) is 25.9 Å². The molecule has 0 saturated heterocycles. The SMILES string of the molecule is CC(C)(C)S[C@@H](CCN)C(O)CCN. The van der Waals surface area contributed by atoms with Crippen molar-refractivity contribution >= 4 is 11.8 Å². The Kier molecular flexibility index (Phi) is 6.78. The average Bonchev–Trinajstić information content (AvgIpc) is 2.01. The molecule has 0 radical (unpaired) electrons. The molecule has 0 aromatic heterocycles. The molecule has 1 unspecified atom stereocenters. The molecule has 0 heterocycles. The first kappa shape index (κ1) is 14.2. The van der Waals surface area contributed by atoms with E-state index in [-0.39, 0.29) is 16.1 Å². The van der Waals surface area contributed by atoms with E-state index in [4.69, 9.17) is 11.5 Å². The standard InChI is InChI=1S/C10H24N2OS/c1-10(2,3)14-9(5-7-12)8(13)4-6-11/h8-9,13H,4-7,11-12H2,1-3H3/t8?,9-/m0/s1. The molecule has 0 aliphatic rings. The molecule has 3 nitrogen and oxygen atoms in total. The quantitative estimate of drug-likeness (QED) is 0.623. The molecule has 5 N–H and O–H groups in total. The number of nitrogens with two attached hydrogens (primary N) is 2. The van der Waals surface area contributed by atoms with Crippen LogP contribution in [0.4, 0.5) is 0 Å². The highest BCUT2D eigenvalue weighted by Gasteiger charge is 2.24. The molecule has 0 aromatic rings. The zero-order valence-corrected chi connectivity index (χ0v) is 10.3. The van der Waals surface area contributed by atoms with Gasteiger partial charge in [0.2, 0.25) is 0 Å². The fourth-order valence-electron chi connectivity index (χ4n) is 1.30. The van der Waals surface area contributed by atoms with Gasteiger partial charge in [0.25, 0.3) is 0 Å². The van der Waals surface area contributed by atoms with Crippen LogP contribution in [0.2, 0.25) is 0 Å². The van der Waals surface area contributed by atoms with Crippen LogP contribution in [-0.4, -0.2) is 34.3 Å². The average molecular weight is 220 g/mol. The Morgan fingerprint density at radius 1 is 1.14 bits per heavy atom. The van der Waals surface area contributed by atoms with Crippen molar-refractivity contribution in [3.63, 3.8) is 0 Å². The number of aliphatic hydroxyl groups excluding tert-OH is 1. The fraction of sp³-hybridized carbons (Fsp3) is 1.00. The molecule has 86 valence electrons. The van der Waals surface area contributed by atoms with Gasteiger partial charge in [-0.1, -0.05) is 20.8 Å². The predicted molar refractivity (Wildman–Crippen MR) is 64.5 cm³/mol. The summed E-state index contributed by atoms with van der Waals surface area (Å²) in [5.74, 6) is 0. The Bertz CT molecular complexity index is 148. The summed E-state index contributed by atoms with van der Waals surface area (Å²) in [6, 6.07) is 0. The zero-order chi connectivity index (χ0) is 11.2. The maximum atomic E-state index is 9.85. The number of aliphatic hydroxyl groups is 1. The van der Waals surface area contributed by atoms with Gasteiger partial charge in [0, 0.05) is 10.00 Å². The van der Waals surface area contributed by atoms with Crippen molar-refractivity contribution in [3.05, 3.63) is 0 Å². The smallest absolute Gasteiger partial charge is 0.0671 e. The molecule has 0 fully saturated rings. The van der Waals surface area contributed by atoms with E-state index >= 15 is 0 Å². The van der Waals surface area contributed by atoms with Gasteiger partial charge in [-0.25, -0.2) is 0 Å². The van der Waals surface area contributed by atoms with E-state index in [9.17, 15) is 5.11 Å². The Hall–Kier alpha value is 0.230. The molecule has 0 aliphatic carbocycles. The molecule has 0 rings (SSSR count). The summed E-state index contributed by atoms with van der Waals surface area (Å²) in [4.78, 5) is 0. The van der Waals surface area contributed by atoms with Crippen LogP contribution in [0.1, 0.15) is 33.6 Å². The van der Waals surface area contributed by atoms with E-state index < -0.39 is 0 Å². The normalized spacial score (nSPS) is 16.7. The summed E-state index contributed by atoms with van der Waals surface area (Å²) in [6.07, 6.45) is 1.18. The van der Waals surface area contributed by atoms with Gasteiger partial charge in [-0.15, -0.1) is 11.8 Å². The predicted octanol–water partition coefficient (Wildman–Crippen LogP) is 0.945. The van der Waals surface area contributed by atoms with Crippen molar-refractivity contribution in [3.8, 4) is 0 Å². The minimum atomic E-state index is -0.326. The zero-order valence-electron chi connectivity index (χ0n) is 9.49. The van der Waals surface area contributed by atoms with Crippen molar-refractivity contribution < 1.29 is 5.11 Å². The van der Waals surface area contributed by atoms with E-state index in [1.807, 2.05) is 0 Å². The molecular formula is C10H24N2OS. The van der Waals surface area contributed by atoms with Gasteiger partial charge in [-0.2, -0.15) is 0 Å². The fourth-order valence-corrected chi connectivity index (χ4v) is 2.76. The third kappa shape index (κ3) is 6.65. The van der Waals surface area contributed by atoms with Gasteiger partial charge < -0.3 is 16.6 Å². The van der Waals surface area contributed by atoms with Gasteiger partial charge in [0.05, 0.1) is 6.10 Å². The highest BCUT2D eigenvalue weighted by atomic mass is 32.2. The van der Waals surface area contributed by atoms with Crippen LogP contribution < -0.4 is 11.5 Å². The molecule has 0 bridgehead atoms. The third-order valence-electron chi connectivity index (χ3n) is 1.85. The second kappa shape index (κ2) is 6.67. The molecule has 2 atom stereocenters. The van der Waals surface area contributed by atoms with Crippen LogP contribution in [0, 0.1) is 0 Å². The number of rotatable bonds is 6. The van der Waals surface area contributed by atoms with E-state index in [2.05, 4.69) is 20.8 Å². The number of hydrogen-bond acceptors (Lipinski definition) is 4. The molecular weight excluding hydrogens is 196 g/mol. The van der Waals surface area contributed by atoms with Crippen molar-refractivity contribution in [2.45, 2.75) is 49.7 Å². The first-order valence-electron chi connectivity index (χ1n) is 5.16. The summed E-state index contributed by atoms with van der Waals surface area (Å²) in [6.45, 7) is 7.60. The second-order valence-electron chi connectivity index (χ2n) is 4.49. The Morgan fingerprint density at radius 2 is 1.64 bits per heavy atom. The van der Waals surface area contributed by atoms with Gasteiger partial charge >= 0.3 is 0 Å². The summed E-state index contributed by atoms with van der Waals surface area (Å²) in [5, 5.41) is 10.1. The maximum absolute atomic E-state index is 9.85. The van der Waals surface area contributed by atoms with Crippen molar-refractivity contribution in [2.75, 3.05) is 13.1 Å². The van der Waals surface area contributed by atoms with E-state index in [0.717, 1.165) is 6.42 Å². The minimum Gasteiger partial charge on any atom is -0.392 e. The number of hydrogen-bond donors (Lipinski definition) is 3. The lowest BCUT2D eigenvalue weighted by molar-refractivity contribution is 0.161. The summed E-state index contributed by atoms with van der Waals surface area (Å²) >= 11 is 1.79. The first-order valence-corrected chi connectivity index (χ1v) is 6.04. The Morgan fingerprint density at radius 3 is 2.00 bits per heavy atom. The third-order valence-corrected chi connectivity index (χ3v) is 3.41. The van der Waals surface area contributed by atoms with E-state index in [1.165, 1.54) is 0 Å². The lowest BCUT2D eigenvalue weighted by Gasteiger charge is -2.28. The largest absolute Gasteiger partial charge is 0.392 e. The summed E-state index contributed by atoms with van der Waals surface area (Å²) in [7, 11) is 0. The maximum Gasteiger partial charge on any atom is 0.0671 e. The van der Waals surface area contributed by atoms with Gasteiger partial charge in [-0.3, -0.25) is 0 Å². The van der Waals surface area contributed by atoms with Gasteiger partial charge in [0.15, 0.2) is 0 Å². The molecule has 4 heteroatoms. The monoisotopic (exact) mass is 220 g/mol. The van der Waals surface area contributed by atoms with Crippen LogP contribution >= 0.6 is 11.8 Å². The van der Waals surface area contributed by atoms with Crippen LogP contribution in [0.5, 0.6) is 0 Å². The van der Waals surface area contributed by atoms with Crippen LogP contribution in [0.3, 0.4) is 0 Å². The molecule has 0 amide bonds. The van der Waals surface area contributed by atoms with Crippen molar-refractivity contribution in [2.24, 2.45) is 11.5 Å². The summed E-state index contributed by atoms with van der Waals surface area (Å²) in [5.41, 5.74) is 11.0. The molecule has 14 heavy (non-hydrogen) atoms. The van der Waals surface area contributed by atoms with Crippen LogP contribution in [0.15, 0.2) is 0 Å². The summed E-state index contributed by atoms with van der Waals surface area (Å²) < 4.78 is 0.162. The number of thioether (sulfide) groups is 1. The second-order valence-corrected chi connectivity index (χ2v) is 6.56. The van der Waals surface area contributed by atoms with Crippen molar-refractivity contribution in [1.29, 1.82) is 0 Å². The lowest BCUT2D eigenvalue weighted by Crippen LogP contribution is -2.31. The van der Waals surface area contributed by atoms with Gasteiger partial charge in [0.1, 0.15) is 0 Å². The Labute approximate surface area is 91.6 Å². The first-order chi connectivity index (χ1) is 6.40. The minimum absolute atomic E-state index is 0.162. The molecule has 0 saturated carbocycles. The molecule has 0 spiro atoms. The molecule has 0 aliphatic heterocycles. The molecule has 0 aromatic carbocycles. The van der Waals surface area contributed by atoms with E-state index in [1.54, 1.807) is 11.8 Å². The van der Waals surface area contributed by atoms with Crippen LogP contribution in [0.25, 0.3) is 0 Å². The Balaban J connectivity index is 4.13. The van der Waals surface area contributed by atoms with Crippen molar-refractivity contribution in [1.82, 2.24) is 0 Å². The highest BCUT2D eigenvalue weighted by Crippen LogP contribution is 2.32. The highest BCUT2D eigenvalue weighted by molar-refractivity contribution is 8.01. The van der Waals surface area contributed by atoms with Crippen LogP contribution in [-0.2, 0) is 0 Å². The lowest BCUT2D eigenvalue weighted by atomic mass is 10.1. The topological polar surface area (TPSA) is 72.3 Å². The van der Waals surface area contributed by atoms with E-state index in [0.29, 0.717) is 19.5 Å².